The Morgan fingerprint density at radius 3 is 2.37 bits per heavy atom. The van der Waals surface area contributed by atoms with Crippen LogP contribution in [-0.4, -0.2) is 20.3 Å². The molecule has 1 aromatic carbocycles. The summed E-state index contributed by atoms with van der Waals surface area (Å²) >= 11 is 3.35. The summed E-state index contributed by atoms with van der Waals surface area (Å²) in [5.41, 5.74) is 6.66. The molecule has 0 aliphatic carbocycles. The summed E-state index contributed by atoms with van der Waals surface area (Å²) in [5.74, 6) is -0.336. The van der Waals surface area contributed by atoms with Crippen molar-refractivity contribution in [3.8, 4) is 5.75 Å². The predicted molar refractivity (Wildman–Crippen MR) is 78.5 cm³/mol. The maximum atomic E-state index is 12.6. The molecule has 5 nitrogen and oxygen atoms in total. The molecule has 1 aromatic rings. The maximum absolute atomic E-state index is 12.6. The van der Waals surface area contributed by atoms with E-state index >= 15 is 0 Å². The van der Waals surface area contributed by atoms with Crippen LogP contribution in [0, 0.1) is 0 Å². The van der Waals surface area contributed by atoms with Crippen LogP contribution in [0.4, 0.5) is 0 Å². The van der Waals surface area contributed by atoms with Gasteiger partial charge in [0, 0.05) is 10.0 Å². The van der Waals surface area contributed by atoms with Crippen molar-refractivity contribution in [3.05, 3.63) is 28.2 Å². The largest absolute Gasteiger partial charge is 0.496 e. The average Bonchev–Trinajstić information content (AvgIpc) is 2.38. The van der Waals surface area contributed by atoms with E-state index in [4.69, 9.17) is 19.5 Å². The Hall–Kier alpha value is -0.390. The van der Waals surface area contributed by atoms with Crippen molar-refractivity contribution in [2.75, 3.05) is 20.3 Å². The standard InChI is InChI=1S/C12H19BrNO4P/c1-4-17-19(15,18-5-2)12(14)10-7-6-9(13)8-11(10)16-3/h6-8,12H,4-5,14H2,1-3H3/t12-/m1/s1. The second kappa shape index (κ2) is 7.41. The second-order valence-corrected chi connectivity index (χ2v) is 6.77. The lowest BCUT2D eigenvalue weighted by Crippen LogP contribution is -2.16. The summed E-state index contributed by atoms with van der Waals surface area (Å²) in [4.78, 5) is 0. The minimum atomic E-state index is -3.41. The van der Waals surface area contributed by atoms with Crippen LogP contribution in [-0.2, 0) is 13.6 Å². The number of hydrogen-bond acceptors (Lipinski definition) is 5. The van der Waals surface area contributed by atoms with Crippen LogP contribution in [0.5, 0.6) is 5.75 Å². The maximum Gasteiger partial charge on any atom is 0.351 e. The molecule has 19 heavy (non-hydrogen) atoms. The molecule has 0 spiro atoms. The summed E-state index contributed by atoms with van der Waals surface area (Å²) in [5, 5.41) is 0. The molecule has 0 aromatic heterocycles. The predicted octanol–water partition coefficient (Wildman–Crippen LogP) is 3.68. The molecule has 0 saturated carbocycles. The molecule has 0 fully saturated rings. The van der Waals surface area contributed by atoms with Crippen LogP contribution in [0.3, 0.4) is 0 Å². The molecule has 108 valence electrons. The highest BCUT2D eigenvalue weighted by Crippen LogP contribution is 2.59. The van der Waals surface area contributed by atoms with Gasteiger partial charge in [-0.05, 0) is 26.0 Å². The van der Waals surface area contributed by atoms with Gasteiger partial charge in [-0.25, -0.2) is 0 Å². The van der Waals surface area contributed by atoms with Gasteiger partial charge in [-0.3, -0.25) is 4.57 Å². The number of methoxy groups -OCH3 is 1. The van der Waals surface area contributed by atoms with Gasteiger partial charge >= 0.3 is 7.60 Å². The van der Waals surface area contributed by atoms with Crippen molar-refractivity contribution in [2.24, 2.45) is 5.73 Å². The van der Waals surface area contributed by atoms with Gasteiger partial charge in [-0.2, -0.15) is 0 Å². The first-order valence-electron chi connectivity index (χ1n) is 5.96. The molecule has 0 aliphatic heterocycles. The zero-order chi connectivity index (χ0) is 14.5. The first-order valence-corrected chi connectivity index (χ1v) is 8.36. The molecule has 0 bridgehead atoms. The molecule has 0 amide bonds. The lowest BCUT2D eigenvalue weighted by atomic mass is 10.2. The lowest BCUT2D eigenvalue weighted by Gasteiger charge is -2.24. The summed E-state index contributed by atoms with van der Waals surface area (Å²) < 4.78 is 29.3. The van der Waals surface area contributed by atoms with Crippen molar-refractivity contribution in [1.82, 2.24) is 0 Å². The topological polar surface area (TPSA) is 70.8 Å². The van der Waals surface area contributed by atoms with E-state index in [1.165, 1.54) is 7.11 Å². The molecule has 0 saturated heterocycles. The summed E-state index contributed by atoms with van der Waals surface area (Å²) in [6.45, 7) is 4.03. The number of hydrogen-bond donors (Lipinski definition) is 1. The number of benzene rings is 1. The Morgan fingerprint density at radius 2 is 1.89 bits per heavy atom. The minimum Gasteiger partial charge on any atom is -0.496 e. The van der Waals surface area contributed by atoms with E-state index < -0.39 is 13.4 Å². The van der Waals surface area contributed by atoms with Gasteiger partial charge in [-0.15, -0.1) is 0 Å². The van der Waals surface area contributed by atoms with Crippen LogP contribution in [0.2, 0.25) is 0 Å². The van der Waals surface area contributed by atoms with Crippen LogP contribution in [0.25, 0.3) is 0 Å². The lowest BCUT2D eigenvalue weighted by molar-refractivity contribution is 0.212. The Kier molecular flexibility index (Phi) is 6.50. The van der Waals surface area contributed by atoms with Gasteiger partial charge in [0.1, 0.15) is 11.5 Å². The van der Waals surface area contributed by atoms with Gasteiger partial charge in [0.25, 0.3) is 0 Å². The van der Waals surface area contributed by atoms with Gasteiger partial charge < -0.3 is 19.5 Å². The fourth-order valence-electron chi connectivity index (χ4n) is 1.66. The third-order valence-electron chi connectivity index (χ3n) is 2.47. The van der Waals surface area contributed by atoms with E-state index in [0.29, 0.717) is 11.3 Å². The first-order chi connectivity index (χ1) is 8.98. The zero-order valence-corrected chi connectivity index (χ0v) is 13.7. The fourth-order valence-corrected chi connectivity index (χ4v) is 3.67. The SMILES string of the molecule is CCOP(=O)(OCC)[C@@H](N)c1ccc(Br)cc1OC. The third kappa shape index (κ3) is 4.04. The van der Waals surface area contributed by atoms with E-state index in [1.54, 1.807) is 32.0 Å². The van der Waals surface area contributed by atoms with Crippen LogP contribution < -0.4 is 10.5 Å². The molecule has 0 unspecified atom stereocenters. The quantitative estimate of drug-likeness (QED) is 0.758. The molecule has 0 heterocycles. The van der Waals surface area contributed by atoms with Gasteiger partial charge in [0.05, 0.1) is 20.3 Å². The van der Waals surface area contributed by atoms with Crippen LogP contribution in [0.1, 0.15) is 25.2 Å². The molecule has 0 radical (unpaired) electrons. The Morgan fingerprint density at radius 1 is 1.32 bits per heavy atom. The normalized spacial score (nSPS) is 13.3. The Labute approximate surface area is 122 Å². The minimum absolute atomic E-state index is 0.268. The van der Waals surface area contributed by atoms with Gasteiger partial charge in [-0.1, -0.05) is 22.0 Å². The molecular formula is C12H19BrNO4P. The van der Waals surface area contributed by atoms with E-state index in [-0.39, 0.29) is 13.2 Å². The van der Waals surface area contributed by atoms with Crippen molar-refractivity contribution >= 4 is 23.5 Å². The summed E-state index contributed by atoms with van der Waals surface area (Å²) in [7, 11) is -1.87. The van der Waals surface area contributed by atoms with E-state index in [0.717, 1.165) is 4.47 Å². The number of halogens is 1. The first kappa shape index (κ1) is 16.7. The molecule has 7 heteroatoms. The molecule has 2 N–H and O–H groups in total. The smallest absolute Gasteiger partial charge is 0.351 e. The zero-order valence-electron chi connectivity index (χ0n) is 11.3. The van der Waals surface area contributed by atoms with Crippen molar-refractivity contribution in [2.45, 2.75) is 19.6 Å². The number of nitrogens with two attached hydrogens (primary N) is 1. The Bertz CT molecular complexity index is 459. The highest BCUT2D eigenvalue weighted by molar-refractivity contribution is 9.10. The molecule has 1 atom stereocenters. The van der Waals surface area contributed by atoms with Crippen molar-refractivity contribution < 1.29 is 18.3 Å². The molecular weight excluding hydrogens is 333 g/mol. The van der Waals surface area contributed by atoms with E-state index in [9.17, 15) is 4.57 Å². The second-order valence-electron chi connectivity index (χ2n) is 3.71. The van der Waals surface area contributed by atoms with Crippen molar-refractivity contribution in [3.63, 3.8) is 0 Å². The van der Waals surface area contributed by atoms with Crippen LogP contribution in [0.15, 0.2) is 22.7 Å². The van der Waals surface area contributed by atoms with Gasteiger partial charge in [0.2, 0.25) is 0 Å². The highest BCUT2D eigenvalue weighted by Gasteiger charge is 2.35. The summed E-state index contributed by atoms with van der Waals surface area (Å²) in [6, 6.07) is 5.32. The van der Waals surface area contributed by atoms with Gasteiger partial charge in [0.15, 0.2) is 0 Å². The van der Waals surface area contributed by atoms with E-state index in [2.05, 4.69) is 15.9 Å². The Balaban J connectivity index is 3.16. The fraction of sp³-hybridized carbons (Fsp3) is 0.500. The highest BCUT2D eigenvalue weighted by atomic mass is 79.9. The molecule has 0 aliphatic rings. The summed E-state index contributed by atoms with van der Waals surface area (Å²) in [6.07, 6.45) is 0. The van der Waals surface area contributed by atoms with E-state index in [1.807, 2.05) is 0 Å². The third-order valence-corrected chi connectivity index (χ3v) is 5.16. The molecule has 1 rings (SSSR count). The van der Waals surface area contributed by atoms with Crippen molar-refractivity contribution in [1.29, 1.82) is 0 Å². The number of ether oxygens (including phenoxy) is 1. The monoisotopic (exact) mass is 351 g/mol. The van der Waals surface area contributed by atoms with Crippen LogP contribution >= 0.6 is 23.5 Å². The average molecular weight is 352 g/mol. The number of rotatable bonds is 7.